The number of carbonyl (C=O) groups is 1. The lowest BCUT2D eigenvalue weighted by Gasteiger charge is -2.23. The van der Waals surface area contributed by atoms with Crippen molar-refractivity contribution in [1.82, 2.24) is 4.68 Å². The zero-order valence-corrected chi connectivity index (χ0v) is 18.7. The molecule has 0 aliphatic rings. The van der Waals surface area contributed by atoms with Gasteiger partial charge in [0.1, 0.15) is 0 Å². The van der Waals surface area contributed by atoms with Crippen LogP contribution in [-0.2, 0) is 17.8 Å². The summed E-state index contributed by atoms with van der Waals surface area (Å²) in [4.78, 5) is 12.7. The zero-order chi connectivity index (χ0) is 22.8. The minimum atomic E-state index is -0.00631. The van der Waals surface area contributed by atoms with Crippen molar-refractivity contribution in [2.75, 3.05) is 11.6 Å². The molecule has 1 heterocycles. The fourth-order valence-electron chi connectivity index (χ4n) is 4.57. The highest BCUT2D eigenvalue weighted by Gasteiger charge is 2.18. The fraction of sp³-hybridized carbons (Fsp3) is 0.138. The van der Waals surface area contributed by atoms with E-state index in [1.165, 1.54) is 16.3 Å². The molecule has 1 amide bonds. The van der Waals surface area contributed by atoms with Gasteiger partial charge in [-0.1, -0.05) is 78.9 Å². The summed E-state index contributed by atoms with van der Waals surface area (Å²) in [5.41, 5.74) is 11.6. The molecule has 0 radical (unpaired) electrons. The van der Waals surface area contributed by atoms with Gasteiger partial charge in [0.15, 0.2) is 0 Å². The average molecular weight is 434 g/mol. The summed E-state index contributed by atoms with van der Waals surface area (Å²) >= 11 is 0. The van der Waals surface area contributed by atoms with Crippen LogP contribution in [0.25, 0.3) is 32.8 Å². The molecule has 0 unspecified atom stereocenters. The average Bonchev–Trinajstić information content (AvgIpc) is 3.20. The number of carbonyl (C=O) groups excluding carboxylic acids is 1. The van der Waals surface area contributed by atoms with Gasteiger partial charge in [0.05, 0.1) is 12.1 Å². The Morgan fingerprint density at radius 1 is 0.879 bits per heavy atom. The minimum absolute atomic E-state index is 0.00631. The molecule has 164 valence electrons. The SMILES string of the molecule is CC(=O)N(Cc1ccccc1)n1cc(CCN)c2cc(-c3cccc4ccccc34)ccc21. The summed E-state index contributed by atoms with van der Waals surface area (Å²) in [6, 6.07) is 31.4. The molecule has 2 N–H and O–H groups in total. The van der Waals surface area contributed by atoms with Crippen molar-refractivity contribution in [2.45, 2.75) is 19.9 Å². The predicted octanol–water partition coefficient (Wildman–Crippen LogP) is 5.65. The first-order valence-electron chi connectivity index (χ1n) is 11.3. The van der Waals surface area contributed by atoms with E-state index >= 15 is 0 Å². The van der Waals surface area contributed by atoms with Crippen molar-refractivity contribution in [2.24, 2.45) is 5.73 Å². The summed E-state index contributed by atoms with van der Waals surface area (Å²) in [5.74, 6) is -0.00631. The van der Waals surface area contributed by atoms with E-state index in [4.69, 9.17) is 5.73 Å². The Labute approximate surface area is 193 Å². The molecule has 4 aromatic carbocycles. The Morgan fingerprint density at radius 3 is 2.42 bits per heavy atom. The largest absolute Gasteiger partial charge is 0.330 e. The third kappa shape index (κ3) is 4.01. The van der Waals surface area contributed by atoms with Crippen LogP contribution in [-0.4, -0.2) is 17.1 Å². The topological polar surface area (TPSA) is 51.3 Å². The molecule has 4 heteroatoms. The molecule has 0 fully saturated rings. The molecule has 0 bridgehead atoms. The molecular formula is C29H27N3O. The van der Waals surface area contributed by atoms with E-state index in [0.717, 1.165) is 34.0 Å². The molecule has 5 rings (SSSR count). The normalized spacial score (nSPS) is 11.2. The highest BCUT2D eigenvalue weighted by atomic mass is 16.2. The quantitative estimate of drug-likeness (QED) is 0.376. The number of aromatic nitrogens is 1. The third-order valence-corrected chi connectivity index (χ3v) is 6.18. The summed E-state index contributed by atoms with van der Waals surface area (Å²) < 4.78 is 1.99. The lowest BCUT2D eigenvalue weighted by Crippen LogP contribution is -2.37. The van der Waals surface area contributed by atoms with Crippen LogP contribution in [0.5, 0.6) is 0 Å². The second-order valence-electron chi connectivity index (χ2n) is 8.36. The van der Waals surface area contributed by atoms with Gasteiger partial charge in [-0.2, -0.15) is 0 Å². The summed E-state index contributed by atoms with van der Waals surface area (Å²) in [7, 11) is 0. The van der Waals surface area contributed by atoms with Gasteiger partial charge in [-0.25, -0.2) is 5.01 Å². The number of benzene rings is 4. The van der Waals surface area contributed by atoms with Crippen molar-refractivity contribution >= 4 is 27.6 Å². The predicted molar refractivity (Wildman–Crippen MR) is 137 cm³/mol. The third-order valence-electron chi connectivity index (χ3n) is 6.18. The molecule has 0 saturated heterocycles. The number of rotatable bonds is 6. The van der Waals surface area contributed by atoms with Crippen LogP contribution >= 0.6 is 0 Å². The van der Waals surface area contributed by atoms with Crippen LogP contribution in [0.3, 0.4) is 0 Å². The van der Waals surface area contributed by atoms with Crippen LogP contribution in [0, 0.1) is 0 Å². The van der Waals surface area contributed by atoms with E-state index in [0.29, 0.717) is 13.1 Å². The number of hydrogen-bond donors (Lipinski definition) is 1. The molecule has 4 nitrogen and oxygen atoms in total. The number of fused-ring (bicyclic) bond motifs is 2. The molecule has 5 aromatic rings. The molecule has 0 aliphatic heterocycles. The number of nitrogens with two attached hydrogens (primary N) is 1. The monoisotopic (exact) mass is 433 g/mol. The van der Waals surface area contributed by atoms with E-state index in [1.807, 2.05) is 35.0 Å². The van der Waals surface area contributed by atoms with Gasteiger partial charge in [0.2, 0.25) is 5.91 Å². The molecular weight excluding hydrogens is 406 g/mol. The molecule has 0 aliphatic carbocycles. The Balaban J connectivity index is 1.65. The highest BCUT2D eigenvalue weighted by Crippen LogP contribution is 2.33. The Kier molecular flexibility index (Phi) is 5.68. The van der Waals surface area contributed by atoms with Crippen molar-refractivity contribution in [3.63, 3.8) is 0 Å². The van der Waals surface area contributed by atoms with E-state index in [2.05, 4.69) is 66.9 Å². The smallest absolute Gasteiger partial charge is 0.238 e. The first kappa shape index (κ1) is 21.0. The van der Waals surface area contributed by atoms with Gasteiger partial charge < -0.3 is 5.73 Å². The van der Waals surface area contributed by atoms with Crippen molar-refractivity contribution in [3.8, 4) is 11.1 Å². The van der Waals surface area contributed by atoms with Gasteiger partial charge in [-0.15, -0.1) is 0 Å². The van der Waals surface area contributed by atoms with Crippen LogP contribution in [0.15, 0.2) is 97.2 Å². The van der Waals surface area contributed by atoms with Gasteiger partial charge in [0.25, 0.3) is 0 Å². The van der Waals surface area contributed by atoms with Crippen molar-refractivity contribution in [1.29, 1.82) is 0 Å². The van der Waals surface area contributed by atoms with Gasteiger partial charge in [0, 0.05) is 18.5 Å². The molecule has 33 heavy (non-hydrogen) atoms. The second kappa shape index (κ2) is 8.93. The number of nitrogens with zero attached hydrogens (tertiary/aromatic N) is 2. The van der Waals surface area contributed by atoms with Gasteiger partial charge in [-0.05, 0) is 58.1 Å². The Morgan fingerprint density at radius 2 is 1.64 bits per heavy atom. The second-order valence-corrected chi connectivity index (χ2v) is 8.36. The summed E-state index contributed by atoms with van der Waals surface area (Å²) in [5, 5.41) is 5.37. The van der Waals surface area contributed by atoms with E-state index in [-0.39, 0.29) is 5.91 Å². The highest BCUT2D eigenvalue weighted by molar-refractivity contribution is 5.99. The first-order chi connectivity index (χ1) is 16.2. The molecule has 0 atom stereocenters. The minimum Gasteiger partial charge on any atom is -0.330 e. The maximum absolute atomic E-state index is 12.7. The summed E-state index contributed by atoms with van der Waals surface area (Å²) in [6.07, 6.45) is 2.81. The lowest BCUT2D eigenvalue weighted by molar-refractivity contribution is -0.118. The number of hydrogen-bond acceptors (Lipinski definition) is 2. The van der Waals surface area contributed by atoms with Crippen molar-refractivity contribution < 1.29 is 4.79 Å². The molecule has 0 spiro atoms. The Bertz CT molecular complexity index is 1430. The van der Waals surface area contributed by atoms with E-state index in [1.54, 1.807) is 11.9 Å². The molecule has 0 saturated carbocycles. The first-order valence-corrected chi connectivity index (χ1v) is 11.3. The van der Waals surface area contributed by atoms with Crippen LogP contribution < -0.4 is 10.7 Å². The lowest BCUT2D eigenvalue weighted by atomic mass is 9.96. The summed E-state index contributed by atoms with van der Waals surface area (Å²) in [6.45, 7) is 2.67. The van der Waals surface area contributed by atoms with Crippen LogP contribution in [0.2, 0.25) is 0 Å². The van der Waals surface area contributed by atoms with E-state index in [9.17, 15) is 4.79 Å². The van der Waals surface area contributed by atoms with Crippen LogP contribution in [0.1, 0.15) is 18.1 Å². The van der Waals surface area contributed by atoms with E-state index < -0.39 is 0 Å². The van der Waals surface area contributed by atoms with Crippen LogP contribution in [0.4, 0.5) is 0 Å². The Hall–Kier alpha value is -3.89. The van der Waals surface area contributed by atoms with Crippen molar-refractivity contribution in [3.05, 3.63) is 108 Å². The van der Waals surface area contributed by atoms with Gasteiger partial charge in [-0.3, -0.25) is 9.47 Å². The molecule has 1 aromatic heterocycles. The maximum Gasteiger partial charge on any atom is 0.238 e. The standard InChI is InChI=1S/C29H27N3O/c1-21(33)31(19-22-8-3-2-4-9-22)32-20-25(16-17-30)28-18-24(14-15-29(28)32)27-13-7-11-23-10-5-6-12-26(23)27/h2-15,18,20H,16-17,19,30H2,1H3. The fourth-order valence-corrected chi connectivity index (χ4v) is 4.57. The zero-order valence-electron chi connectivity index (χ0n) is 18.7. The van der Waals surface area contributed by atoms with Gasteiger partial charge >= 0.3 is 0 Å². The number of amides is 1. The maximum atomic E-state index is 12.7.